The van der Waals surface area contributed by atoms with Crippen molar-refractivity contribution in [3.05, 3.63) is 30.5 Å². The second-order valence-corrected chi connectivity index (χ2v) is 10.6. The number of nitrogens with two attached hydrogens (primary N) is 1. The average Bonchev–Trinajstić information content (AvgIpc) is 3.07. The summed E-state index contributed by atoms with van der Waals surface area (Å²) in [4.78, 5) is 8.76. The number of nitrogens with zero attached hydrogens (tertiary/aromatic N) is 3. The first kappa shape index (κ1) is 22.5. The lowest BCUT2D eigenvalue weighted by Crippen LogP contribution is -2.40. The van der Waals surface area contributed by atoms with Gasteiger partial charge in [-0.1, -0.05) is 6.07 Å². The molecule has 1 fully saturated rings. The molecule has 3 aromatic rings. The van der Waals surface area contributed by atoms with Gasteiger partial charge in [-0.3, -0.25) is 0 Å². The lowest BCUT2D eigenvalue weighted by molar-refractivity contribution is 0.0711. The third kappa shape index (κ3) is 4.43. The number of hydrogen-bond acceptors (Lipinski definition) is 7. The van der Waals surface area contributed by atoms with Crippen LogP contribution in [0.15, 0.2) is 35.4 Å². The summed E-state index contributed by atoms with van der Waals surface area (Å²) in [6.07, 6.45) is 3.34. The Morgan fingerprint density at radius 2 is 1.91 bits per heavy atom. The lowest BCUT2D eigenvalue weighted by atomic mass is 10.1. The fourth-order valence-electron chi connectivity index (χ4n) is 4.01. The van der Waals surface area contributed by atoms with E-state index in [0.29, 0.717) is 24.7 Å². The SMILES string of the molecule is COc1ncc(-c2ccc3nc(N)n(C4CCOCC4)c3c2)cc1S(=O)(=O)NC(C)(C)C. The van der Waals surface area contributed by atoms with E-state index in [1.807, 2.05) is 18.2 Å². The average molecular weight is 460 g/mol. The van der Waals surface area contributed by atoms with Crippen LogP contribution in [-0.4, -0.2) is 48.8 Å². The third-order valence-electron chi connectivity index (χ3n) is 5.35. The molecule has 1 aliphatic heterocycles. The number of methoxy groups -OCH3 is 1. The van der Waals surface area contributed by atoms with Gasteiger partial charge in [-0.25, -0.2) is 23.1 Å². The fourth-order valence-corrected chi connectivity index (χ4v) is 5.58. The Bertz CT molecular complexity index is 1240. The van der Waals surface area contributed by atoms with E-state index in [0.717, 1.165) is 29.4 Å². The number of imidazole rings is 1. The second-order valence-electron chi connectivity index (χ2n) is 8.97. The van der Waals surface area contributed by atoms with Crippen molar-refractivity contribution in [1.29, 1.82) is 0 Å². The highest BCUT2D eigenvalue weighted by atomic mass is 32.2. The minimum absolute atomic E-state index is 0.00928. The van der Waals surface area contributed by atoms with Gasteiger partial charge in [0.15, 0.2) is 0 Å². The van der Waals surface area contributed by atoms with Gasteiger partial charge >= 0.3 is 0 Å². The molecule has 0 unspecified atom stereocenters. The Morgan fingerprint density at radius 1 is 1.19 bits per heavy atom. The number of ether oxygens (including phenoxy) is 2. The van der Waals surface area contributed by atoms with Crippen LogP contribution in [0.1, 0.15) is 39.7 Å². The molecule has 172 valence electrons. The Labute approximate surface area is 188 Å². The number of rotatable bonds is 5. The smallest absolute Gasteiger partial charge is 0.246 e. The molecule has 32 heavy (non-hydrogen) atoms. The Morgan fingerprint density at radius 3 is 2.56 bits per heavy atom. The van der Waals surface area contributed by atoms with Gasteiger partial charge in [0.25, 0.3) is 0 Å². The number of nitrogen functional groups attached to an aromatic ring is 1. The molecule has 0 spiro atoms. The van der Waals surface area contributed by atoms with E-state index in [4.69, 9.17) is 15.2 Å². The van der Waals surface area contributed by atoms with Gasteiger partial charge in [0.2, 0.25) is 21.9 Å². The van der Waals surface area contributed by atoms with Gasteiger partial charge < -0.3 is 19.8 Å². The first-order valence-corrected chi connectivity index (χ1v) is 12.0. The molecule has 2 aromatic heterocycles. The summed E-state index contributed by atoms with van der Waals surface area (Å²) in [5, 5.41) is 0. The summed E-state index contributed by atoms with van der Waals surface area (Å²) in [7, 11) is -2.44. The highest BCUT2D eigenvalue weighted by molar-refractivity contribution is 7.89. The summed E-state index contributed by atoms with van der Waals surface area (Å²) in [5.41, 5.74) is 8.76. The maximum absolute atomic E-state index is 13.0. The van der Waals surface area contributed by atoms with Crippen molar-refractivity contribution in [2.75, 3.05) is 26.1 Å². The van der Waals surface area contributed by atoms with E-state index in [9.17, 15) is 8.42 Å². The summed E-state index contributed by atoms with van der Waals surface area (Å²) in [6, 6.07) is 7.55. The first-order valence-electron chi connectivity index (χ1n) is 10.5. The van der Waals surface area contributed by atoms with Crippen LogP contribution >= 0.6 is 0 Å². The maximum Gasteiger partial charge on any atom is 0.246 e. The van der Waals surface area contributed by atoms with Crippen LogP contribution in [0.25, 0.3) is 22.2 Å². The number of aromatic nitrogens is 3. The molecule has 0 atom stereocenters. The van der Waals surface area contributed by atoms with Crippen LogP contribution in [0.2, 0.25) is 0 Å². The molecule has 0 saturated carbocycles. The van der Waals surface area contributed by atoms with Crippen molar-refractivity contribution in [2.24, 2.45) is 0 Å². The molecule has 9 nitrogen and oxygen atoms in total. The molecule has 4 rings (SSSR count). The van der Waals surface area contributed by atoms with E-state index in [-0.39, 0.29) is 16.8 Å². The van der Waals surface area contributed by atoms with Crippen LogP contribution < -0.4 is 15.2 Å². The van der Waals surface area contributed by atoms with Gasteiger partial charge in [-0.2, -0.15) is 0 Å². The van der Waals surface area contributed by atoms with E-state index < -0.39 is 15.6 Å². The molecule has 1 aliphatic rings. The normalized spacial score (nSPS) is 15.9. The molecule has 3 heterocycles. The van der Waals surface area contributed by atoms with E-state index in [2.05, 4.69) is 19.3 Å². The molecule has 10 heteroatoms. The lowest BCUT2D eigenvalue weighted by Gasteiger charge is -2.25. The largest absolute Gasteiger partial charge is 0.480 e. The molecular formula is C22H29N5O4S. The number of anilines is 1. The standard InChI is InChI=1S/C22H29N5O4S/c1-22(2,3)26-32(28,29)19-12-15(13-24-20(19)30-4)14-5-6-17-18(11-14)27(21(23)25-17)16-7-9-31-10-8-16/h5-6,11-13,16,26H,7-10H2,1-4H3,(H2,23,25). The Hall–Kier alpha value is -2.69. The van der Waals surface area contributed by atoms with Crippen LogP contribution in [0.4, 0.5) is 5.95 Å². The minimum Gasteiger partial charge on any atom is -0.480 e. The number of pyridine rings is 1. The van der Waals surface area contributed by atoms with E-state index in [1.54, 1.807) is 33.0 Å². The van der Waals surface area contributed by atoms with Crippen molar-refractivity contribution in [3.8, 4) is 17.0 Å². The van der Waals surface area contributed by atoms with E-state index in [1.165, 1.54) is 7.11 Å². The van der Waals surface area contributed by atoms with Crippen LogP contribution in [-0.2, 0) is 14.8 Å². The number of hydrogen-bond donors (Lipinski definition) is 2. The zero-order valence-electron chi connectivity index (χ0n) is 18.8. The van der Waals surface area contributed by atoms with Gasteiger partial charge in [0, 0.05) is 36.6 Å². The molecule has 1 saturated heterocycles. The molecule has 3 N–H and O–H groups in total. The van der Waals surface area contributed by atoms with Crippen LogP contribution in [0, 0.1) is 0 Å². The number of sulfonamides is 1. The van der Waals surface area contributed by atoms with Gasteiger partial charge in [-0.15, -0.1) is 0 Å². The fraction of sp³-hybridized carbons (Fsp3) is 0.455. The topological polar surface area (TPSA) is 121 Å². The molecule has 0 aliphatic carbocycles. The molecule has 1 aromatic carbocycles. The number of fused-ring (bicyclic) bond motifs is 1. The molecule has 0 amide bonds. The van der Waals surface area contributed by atoms with Crippen molar-refractivity contribution in [2.45, 2.75) is 50.1 Å². The molecule has 0 bridgehead atoms. The predicted molar refractivity (Wildman–Crippen MR) is 123 cm³/mol. The summed E-state index contributed by atoms with van der Waals surface area (Å²) < 4.78 is 41.5. The molecule has 0 radical (unpaired) electrons. The van der Waals surface area contributed by atoms with Gasteiger partial charge in [-0.05, 0) is 57.4 Å². The predicted octanol–water partition coefficient (Wildman–Crippen LogP) is 3.12. The maximum atomic E-state index is 13.0. The highest BCUT2D eigenvalue weighted by Crippen LogP contribution is 2.33. The summed E-state index contributed by atoms with van der Waals surface area (Å²) in [6.45, 7) is 6.72. The quantitative estimate of drug-likeness (QED) is 0.601. The Balaban J connectivity index is 1.80. The van der Waals surface area contributed by atoms with Gasteiger partial charge in [0.05, 0.1) is 18.1 Å². The number of nitrogens with one attached hydrogen (secondary N) is 1. The Kier molecular flexibility index (Phi) is 5.87. The monoisotopic (exact) mass is 459 g/mol. The third-order valence-corrected chi connectivity index (χ3v) is 7.10. The van der Waals surface area contributed by atoms with Crippen molar-refractivity contribution in [3.63, 3.8) is 0 Å². The highest BCUT2D eigenvalue weighted by Gasteiger charge is 2.27. The molecular weight excluding hydrogens is 430 g/mol. The zero-order valence-corrected chi connectivity index (χ0v) is 19.6. The summed E-state index contributed by atoms with van der Waals surface area (Å²) in [5.74, 6) is 0.512. The minimum atomic E-state index is -3.84. The second kappa shape index (κ2) is 8.34. The van der Waals surface area contributed by atoms with Crippen molar-refractivity contribution >= 4 is 27.0 Å². The van der Waals surface area contributed by atoms with Crippen molar-refractivity contribution in [1.82, 2.24) is 19.3 Å². The van der Waals surface area contributed by atoms with Crippen molar-refractivity contribution < 1.29 is 17.9 Å². The van der Waals surface area contributed by atoms with Crippen LogP contribution in [0.5, 0.6) is 5.88 Å². The van der Waals surface area contributed by atoms with Gasteiger partial charge in [0.1, 0.15) is 4.90 Å². The van der Waals surface area contributed by atoms with E-state index >= 15 is 0 Å². The first-order chi connectivity index (χ1) is 15.1. The zero-order chi connectivity index (χ0) is 23.1. The number of benzene rings is 1. The summed E-state index contributed by atoms with van der Waals surface area (Å²) >= 11 is 0. The van der Waals surface area contributed by atoms with Crippen LogP contribution in [0.3, 0.4) is 0 Å².